The zero-order valence-corrected chi connectivity index (χ0v) is 11.5. The highest BCUT2D eigenvalue weighted by Gasteiger charge is 2.33. The van der Waals surface area contributed by atoms with Crippen LogP contribution in [0.2, 0.25) is 0 Å². The topological polar surface area (TPSA) is 42.4 Å². The van der Waals surface area contributed by atoms with Gasteiger partial charge < -0.3 is 9.64 Å². The molecule has 0 N–H and O–H groups in total. The molecule has 1 unspecified atom stereocenters. The van der Waals surface area contributed by atoms with Crippen LogP contribution in [0.3, 0.4) is 0 Å². The maximum atomic E-state index is 12.9. The molecule has 5 heteroatoms. The van der Waals surface area contributed by atoms with E-state index in [-0.39, 0.29) is 23.3 Å². The largest absolute Gasteiger partial charge is 0.472 e. The number of aromatic nitrogens is 1. The smallest absolute Gasteiger partial charge is 0.228 e. The van der Waals surface area contributed by atoms with Crippen LogP contribution < -0.4 is 4.74 Å². The van der Waals surface area contributed by atoms with Crippen molar-refractivity contribution in [2.75, 3.05) is 13.1 Å². The first kappa shape index (κ1) is 13.8. The van der Waals surface area contributed by atoms with Crippen molar-refractivity contribution < 1.29 is 13.9 Å². The Balaban J connectivity index is 1.94. The van der Waals surface area contributed by atoms with E-state index in [2.05, 4.69) is 4.98 Å². The third kappa shape index (κ3) is 3.43. The molecule has 0 saturated carbocycles. The normalized spacial score (nSPS) is 19.6. The van der Waals surface area contributed by atoms with Crippen LogP contribution in [-0.2, 0) is 4.79 Å². The number of hydrogen-bond donors (Lipinski definition) is 0. The third-order valence-electron chi connectivity index (χ3n) is 3.05. The van der Waals surface area contributed by atoms with Crippen molar-refractivity contribution in [1.82, 2.24) is 9.88 Å². The second kappa shape index (κ2) is 5.15. The molecule has 1 aliphatic rings. The molecule has 2 heterocycles. The first-order valence-corrected chi connectivity index (χ1v) is 6.45. The Labute approximate surface area is 112 Å². The van der Waals surface area contributed by atoms with E-state index < -0.39 is 5.95 Å². The van der Waals surface area contributed by atoms with Gasteiger partial charge in [-0.05, 0) is 6.07 Å². The highest BCUT2D eigenvalue weighted by molar-refractivity contribution is 5.81. The lowest BCUT2D eigenvalue weighted by molar-refractivity contribution is -0.138. The van der Waals surface area contributed by atoms with Crippen molar-refractivity contribution in [3.8, 4) is 5.88 Å². The third-order valence-corrected chi connectivity index (χ3v) is 3.05. The number of nitrogens with zero attached hydrogens (tertiary/aromatic N) is 2. The molecule has 1 amide bonds. The van der Waals surface area contributed by atoms with Crippen LogP contribution in [0.1, 0.15) is 27.2 Å². The minimum atomic E-state index is -0.557. The molecule has 0 aromatic carbocycles. The Morgan fingerprint density at radius 1 is 1.47 bits per heavy atom. The predicted octanol–water partition coefficient (Wildman–Crippen LogP) is 2.25. The number of carbonyl (C=O) groups is 1. The van der Waals surface area contributed by atoms with Gasteiger partial charge in [-0.15, -0.1) is 0 Å². The highest BCUT2D eigenvalue weighted by Crippen LogP contribution is 2.23. The molecule has 0 aliphatic carbocycles. The van der Waals surface area contributed by atoms with E-state index in [9.17, 15) is 9.18 Å². The monoisotopic (exact) mass is 266 g/mol. The van der Waals surface area contributed by atoms with Gasteiger partial charge in [0.05, 0.1) is 6.54 Å². The molecule has 4 nitrogen and oxygen atoms in total. The van der Waals surface area contributed by atoms with Gasteiger partial charge in [0.25, 0.3) is 0 Å². The summed E-state index contributed by atoms with van der Waals surface area (Å²) in [7, 11) is 0. The van der Waals surface area contributed by atoms with E-state index in [1.165, 1.54) is 6.07 Å². The first-order valence-electron chi connectivity index (χ1n) is 6.45. The molecular weight excluding hydrogens is 247 g/mol. The van der Waals surface area contributed by atoms with Gasteiger partial charge in [-0.25, -0.2) is 0 Å². The van der Waals surface area contributed by atoms with Crippen molar-refractivity contribution in [1.29, 1.82) is 0 Å². The minimum absolute atomic E-state index is 0.111. The molecule has 0 radical (unpaired) electrons. The van der Waals surface area contributed by atoms with Gasteiger partial charge in [0.1, 0.15) is 6.10 Å². The van der Waals surface area contributed by atoms with Gasteiger partial charge in [-0.1, -0.05) is 26.8 Å². The molecule has 19 heavy (non-hydrogen) atoms. The summed E-state index contributed by atoms with van der Waals surface area (Å²) in [6.07, 6.45) is 0.639. The molecule has 1 aromatic heterocycles. The predicted molar refractivity (Wildman–Crippen MR) is 69.3 cm³/mol. The van der Waals surface area contributed by atoms with Gasteiger partial charge in [-0.2, -0.15) is 9.37 Å². The van der Waals surface area contributed by atoms with E-state index in [4.69, 9.17) is 4.74 Å². The Bertz CT molecular complexity index is 471. The Hall–Kier alpha value is -1.65. The zero-order chi connectivity index (χ0) is 14.0. The standard InChI is InChI=1S/C14H19FN2O2/c1-14(2,3)13(18)17-8-7-10(9-17)19-12-6-4-5-11(15)16-12/h4-6,10H,7-9H2,1-3H3. The molecule has 1 saturated heterocycles. The number of amides is 1. The second-order valence-electron chi connectivity index (χ2n) is 5.83. The quantitative estimate of drug-likeness (QED) is 0.771. The fourth-order valence-electron chi connectivity index (χ4n) is 2.11. The molecule has 1 aromatic rings. The van der Waals surface area contributed by atoms with E-state index in [0.29, 0.717) is 13.1 Å². The zero-order valence-electron chi connectivity index (χ0n) is 11.5. The molecule has 1 aliphatic heterocycles. The maximum absolute atomic E-state index is 12.9. The summed E-state index contributed by atoms with van der Waals surface area (Å²) >= 11 is 0. The van der Waals surface area contributed by atoms with E-state index in [1.54, 1.807) is 17.0 Å². The second-order valence-corrected chi connectivity index (χ2v) is 5.83. The summed E-state index contributed by atoms with van der Waals surface area (Å²) in [6.45, 7) is 6.91. The van der Waals surface area contributed by atoms with Crippen LogP contribution in [0.4, 0.5) is 4.39 Å². The van der Waals surface area contributed by atoms with Crippen LogP contribution in [0.15, 0.2) is 18.2 Å². The lowest BCUT2D eigenvalue weighted by Gasteiger charge is -2.25. The van der Waals surface area contributed by atoms with Crippen LogP contribution in [0, 0.1) is 11.4 Å². The molecule has 0 spiro atoms. The van der Waals surface area contributed by atoms with E-state index in [0.717, 1.165) is 6.42 Å². The Morgan fingerprint density at radius 3 is 2.84 bits per heavy atom. The Kier molecular flexibility index (Phi) is 3.73. The minimum Gasteiger partial charge on any atom is -0.472 e. The van der Waals surface area contributed by atoms with Gasteiger partial charge >= 0.3 is 0 Å². The fourth-order valence-corrected chi connectivity index (χ4v) is 2.11. The molecule has 1 fully saturated rings. The maximum Gasteiger partial charge on any atom is 0.228 e. The number of carbonyl (C=O) groups excluding carboxylic acids is 1. The lowest BCUT2D eigenvalue weighted by Crippen LogP contribution is -2.38. The van der Waals surface area contributed by atoms with E-state index in [1.807, 2.05) is 20.8 Å². The summed E-state index contributed by atoms with van der Waals surface area (Å²) in [4.78, 5) is 17.6. The summed E-state index contributed by atoms with van der Waals surface area (Å²) < 4.78 is 18.6. The number of likely N-dealkylation sites (tertiary alicyclic amines) is 1. The Morgan fingerprint density at radius 2 is 2.21 bits per heavy atom. The van der Waals surface area contributed by atoms with Gasteiger partial charge in [0.15, 0.2) is 0 Å². The van der Waals surface area contributed by atoms with Gasteiger partial charge in [0.2, 0.25) is 17.7 Å². The molecular formula is C14H19FN2O2. The molecule has 1 atom stereocenters. The summed E-state index contributed by atoms with van der Waals surface area (Å²) in [5.41, 5.74) is -0.383. The summed E-state index contributed by atoms with van der Waals surface area (Å²) in [5.74, 6) is -0.168. The van der Waals surface area contributed by atoms with Crippen molar-refractivity contribution >= 4 is 5.91 Å². The van der Waals surface area contributed by atoms with E-state index >= 15 is 0 Å². The van der Waals surface area contributed by atoms with Crippen molar-refractivity contribution in [3.05, 3.63) is 24.1 Å². The number of ether oxygens (including phenoxy) is 1. The van der Waals surface area contributed by atoms with Crippen LogP contribution in [0.5, 0.6) is 5.88 Å². The average Bonchev–Trinajstić information content (AvgIpc) is 2.75. The molecule has 0 bridgehead atoms. The number of rotatable bonds is 2. The van der Waals surface area contributed by atoms with Gasteiger partial charge in [-0.3, -0.25) is 4.79 Å². The van der Waals surface area contributed by atoms with Gasteiger partial charge in [0, 0.05) is 24.4 Å². The lowest BCUT2D eigenvalue weighted by atomic mass is 9.95. The molecule has 104 valence electrons. The SMILES string of the molecule is CC(C)(C)C(=O)N1CCC(Oc2cccc(F)n2)C1. The van der Waals surface area contributed by atoms with Crippen LogP contribution in [0.25, 0.3) is 0 Å². The first-order chi connectivity index (χ1) is 8.86. The van der Waals surface area contributed by atoms with Crippen LogP contribution >= 0.6 is 0 Å². The summed E-state index contributed by atoms with van der Waals surface area (Å²) in [6, 6.07) is 4.46. The number of halogens is 1. The average molecular weight is 266 g/mol. The number of hydrogen-bond acceptors (Lipinski definition) is 3. The van der Waals surface area contributed by atoms with Crippen LogP contribution in [-0.4, -0.2) is 35.0 Å². The van der Waals surface area contributed by atoms with Crippen molar-refractivity contribution in [2.24, 2.45) is 5.41 Å². The summed E-state index contributed by atoms with van der Waals surface area (Å²) in [5, 5.41) is 0. The number of pyridine rings is 1. The van der Waals surface area contributed by atoms with Crippen molar-refractivity contribution in [3.63, 3.8) is 0 Å². The van der Waals surface area contributed by atoms with Crippen molar-refractivity contribution in [2.45, 2.75) is 33.3 Å². The molecule has 2 rings (SSSR count). The highest BCUT2D eigenvalue weighted by atomic mass is 19.1. The fraction of sp³-hybridized carbons (Fsp3) is 0.571.